The van der Waals surface area contributed by atoms with E-state index in [2.05, 4.69) is 33.5 Å². The van der Waals surface area contributed by atoms with E-state index in [0.717, 1.165) is 16.7 Å². The van der Waals surface area contributed by atoms with Crippen LogP contribution in [-0.2, 0) is 14.7 Å². The van der Waals surface area contributed by atoms with Crippen molar-refractivity contribution in [2.24, 2.45) is 0 Å². The van der Waals surface area contributed by atoms with Gasteiger partial charge in [0.25, 0.3) is 0 Å². The van der Waals surface area contributed by atoms with Crippen molar-refractivity contribution in [3.05, 3.63) is 108 Å². The zero-order valence-electron chi connectivity index (χ0n) is 15.7. The lowest BCUT2D eigenvalue weighted by molar-refractivity contribution is -0.150. The molecule has 2 atom stereocenters. The third-order valence-electron chi connectivity index (χ3n) is 4.68. The van der Waals surface area contributed by atoms with Gasteiger partial charge in [0.05, 0.1) is 17.2 Å². The van der Waals surface area contributed by atoms with Crippen molar-refractivity contribution in [3.8, 4) is 0 Å². The lowest BCUT2D eigenvalue weighted by Crippen LogP contribution is -2.36. The Balaban J connectivity index is 2.24. The summed E-state index contributed by atoms with van der Waals surface area (Å²) in [6, 6.07) is 30.2. The molecular weight excluding hydrogens is 351 g/mol. The fraction of sp³-hybridized carbons (Fsp3) is 0.208. The highest BCUT2D eigenvalue weighted by molar-refractivity contribution is 7.19. The first-order valence-electron chi connectivity index (χ1n) is 9.19. The first-order valence-corrected chi connectivity index (χ1v) is 9.76. The molecule has 0 bridgehead atoms. The Bertz CT molecular complexity index is 821. The van der Waals surface area contributed by atoms with E-state index in [-0.39, 0.29) is 12.1 Å². The van der Waals surface area contributed by atoms with Crippen LogP contribution in [-0.4, -0.2) is 12.1 Å². The largest absolute Gasteiger partial charge is 0.462 e. The van der Waals surface area contributed by atoms with E-state index in [4.69, 9.17) is 4.74 Å². The van der Waals surface area contributed by atoms with E-state index in [1.165, 1.54) is 0 Å². The summed E-state index contributed by atoms with van der Waals surface area (Å²) in [5.74, 6) is -0.713. The molecule has 0 radical (unpaired) electrons. The summed E-state index contributed by atoms with van der Waals surface area (Å²) in [6.45, 7) is 3.77. The minimum atomic E-state index is -0.643. The van der Waals surface area contributed by atoms with E-state index < -0.39 is 11.1 Å². The standard InChI is InChI=1S/C24H25O2P/c1-18(2)26-23(25)22(19-12-6-3-7-13-19)24(27,20-14-8-4-9-15-20)21-16-10-5-11-17-21/h3-18,22H,27H2,1-2H3. The normalized spacial score (nSPS) is 12.6. The molecule has 3 aromatic rings. The topological polar surface area (TPSA) is 26.3 Å². The number of hydrogen-bond acceptors (Lipinski definition) is 2. The van der Waals surface area contributed by atoms with E-state index in [1.807, 2.05) is 80.6 Å². The molecule has 0 aliphatic heterocycles. The van der Waals surface area contributed by atoms with Crippen LogP contribution in [0.15, 0.2) is 91.0 Å². The van der Waals surface area contributed by atoms with Gasteiger partial charge < -0.3 is 4.74 Å². The monoisotopic (exact) mass is 376 g/mol. The molecule has 0 aromatic heterocycles. The van der Waals surface area contributed by atoms with Gasteiger partial charge in [0, 0.05) is 0 Å². The van der Waals surface area contributed by atoms with Gasteiger partial charge in [0.2, 0.25) is 0 Å². The summed E-state index contributed by atoms with van der Waals surface area (Å²) in [5, 5.41) is -0.643. The fourth-order valence-electron chi connectivity index (χ4n) is 3.46. The molecule has 2 nitrogen and oxygen atoms in total. The highest BCUT2D eigenvalue weighted by atomic mass is 31.0. The number of carbonyl (C=O) groups is 1. The van der Waals surface area contributed by atoms with Crippen LogP contribution in [0.3, 0.4) is 0 Å². The Hall–Kier alpha value is -2.44. The zero-order chi connectivity index (χ0) is 19.3. The third-order valence-corrected chi connectivity index (χ3v) is 5.68. The number of carbonyl (C=O) groups excluding carboxylic acids is 1. The molecule has 0 aliphatic carbocycles. The molecule has 0 spiro atoms. The first kappa shape index (κ1) is 19.3. The van der Waals surface area contributed by atoms with E-state index >= 15 is 0 Å². The molecule has 0 aliphatic rings. The number of hydrogen-bond donors (Lipinski definition) is 0. The summed E-state index contributed by atoms with van der Waals surface area (Å²) in [6.07, 6.45) is -0.176. The maximum absolute atomic E-state index is 13.3. The second-order valence-corrected chi connectivity index (χ2v) is 7.84. The van der Waals surface area contributed by atoms with Crippen LogP contribution in [0.5, 0.6) is 0 Å². The van der Waals surface area contributed by atoms with Gasteiger partial charge in [-0.05, 0) is 30.5 Å². The Morgan fingerprint density at radius 1 is 0.778 bits per heavy atom. The molecule has 27 heavy (non-hydrogen) atoms. The molecule has 138 valence electrons. The average Bonchev–Trinajstić information content (AvgIpc) is 2.69. The van der Waals surface area contributed by atoms with Gasteiger partial charge in [-0.15, -0.1) is 9.24 Å². The van der Waals surface area contributed by atoms with Crippen molar-refractivity contribution in [2.75, 3.05) is 0 Å². The minimum Gasteiger partial charge on any atom is -0.462 e. The molecule has 0 amide bonds. The Morgan fingerprint density at radius 2 is 1.19 bits per heavy atom. The summed E-state index contributed by atoms with van der Waals surface area (Å²) >= 11 is 0. The van der Waals surface area contributed by atoms with E-state index in [0.29, 0.717) is 0 Å². The molecule has 3 aromatic carbocycles. The van der Waals surface area contributed by atoms with Crippen LogP contribution in [0.2, 0.25) is 0 Å². The van der Waals surface area contributed by atoms with Gasteiger partial charge in [-0.3, -0.25) is 4.79 Å². The number of benzene rings is 3. The molecular formula is C24H25O2P. The second kappa shape index (κ2) is 8.50. The van der Waals surface area contributed by atoms with Crippen LogP contribution in [0.4, 0.5) is 0 Å². The lowest BCUT2D eigenvalue weighted by Gasteiger charge is -2.38. The molecule has 3 rings (SSSR count). The molecule has 0 N–H and O–H groups in total. The minimum absolute atomic E-state index is 0.176. The van der Waals surface area contributed by atoms with Crippen molar-refractivity contribution >= 4 is 15.2 Å². The maximum atomic E-state index is 13.3. The third kappa shape index (κ3) is 4.12. The second-order valence-electron chi connectivity index (χ2n) is 6.93. The van der Waals surface area contributed by atoms with Gasteiger partial charge >= 0.3 is 5.97 Å². The van der Waals surface area contributed by atoms with Crippen molar-refractivity contribution in [1.82, 2.24) is 0 Å². The quantitative estimate of drug-likeness (QED) is 0.417. The summed E-state index contributed by atoms with van der Waals surface area (Å²) in [4.78, 5) is 13.3. The summed E-state index contributed by atoms with van der Waals surface area (Å²) in [5.41, 5.74) is 3.04. The van der Waals surface area contributed by atoms with Crippen molar-refractivity contribution in [2.45, 2.75) is 31.0 Å². The van der Waals surface area contributed by atoms with Crippen LogP contribution < -0.4 is 0 Å². The Kier molecular flexibility index (Phi) is 6.08. The maximum Gasteiger partial charge on any atom is 0.315 e. The lowest BCUT2D eigenvalue weighted by atomic mass is 9.76. The fourth-order valence-corrected chi connectivity index (χ4v) is 4.17. The van der Waals surface area contributed by atoms with Crippen LogP contribution >= 0.6 is 9.24 Å². The predicted molar refractivity (Wildman–Crippen MR) is 114 cm³/mol. The Morgan fingerprint density at radius 3 is 1.59 bits per heavy atom. The molecule has 2 unspecified atom stereocenters. The smallest absolute Gasteiger partial charge is 0.315 e. The highest BCUT2D eigenvalue weighted by Gasteiger charge is 2.44. The van der Waals surface area contributed by atoms with Gasteiger partial charge in [-0.25, -0.2) is 0 Å². The molecule has 0 saturated carbocycles. The van der Waals surface area contributed by atoms with E-state index in [9.17, 15) is 4.79 Å². The predicted octanol–water partition coefficient (Wildman–Crippen LogP) is 5.54. The van der Waals surface area contributed by atoms with E-state index in [1.54, 1.807) is 0 Å². The number of rotatable bonds is 6. The van der Waals surface area contributed by atoms with Crippen molar-refractivity contribution in [1.29, 1.82) is 0 Å². The number of esters is 1. The van der Waals surface area contributed by atoms with Crippen molar-refractivity contribution < 1.29 is 9.53 Å². The molecule has 0 fully saturated rings. The van der Waals surface area contributed by atoms with Gasteiger partial charge in [-0.2, -0.15) is 0 Å². The molecule has 0 saturated heterocycles. The number of ether oxygens (including phenoxy) is 1. The summed E-state index contributed by atoms with van der Waals surface area (Å²) < 4.78 is 5.70. The van der Waals surface area contributed by atoms with Gasteiger partial charge in [-0.1, -0.05) is 91.0 Å². The highest BCUT2D eigenvalue weighted by Crippen LogP contribution is 2.50. The SMILES string of the molecule is CC(C)OC(=O)C(c1ccccc1)C(P)(c1ccccc1)c1ccccc1. The molecule has 3 heteroatoms. The molecule has 0 heterocycles. The average molecular weight is 376 g/mol. The first-order chi connectivity index (χ1) is 13.0. The Labute approximate surface area is 163 Å². The van der Waals surface area contributed by atoms with Crippen LogP contribution in [0.1, 0.15) is 36.5 Å². The van der Waals surface area contributed by atoms with Gasteiger partial charge in [0.15, 0.2) is 0 Å². The summed E-state index contributed by atoms with van der Waals surface area (Å²) in [7, 11) is 2.96. The van der Waals surface area contributed by atoms with Crippen molar-refractivity contribution in [3.63, 3.8) is 0 Å². The van der Waals surface area contributed by atoms with Crippen LogP contribution in [0, 0.1) is 0 Å². The zero-order valence-corrected chi connectivity index (χ0v) is 16.9. The van der Waals surface area contributed by atoms with Gasteiger partial charge in [0.1, 0.15) is 0 Å². The van der Waals surface area contributed by atoms with Crippen LogP contribution in [0.25, 0.3) is 0 Å².